The number of benzene rings is 1. The number of ether oxygens (including phenoxy) is 1. The molecule has 5 heteroatoms. The minimum Gasteiger partial charge on any atom is -0.465 e. The van der Waals surface area contributed by atoms with E-state index in [4.69, 9.17) is 4.74 Å². The van der Waals surface area contributed by atoms with Gasteiger partial charge in [-0.15, -0.1) is 0 Å². The molecule has 0 saturated heterocycles. The highest BCUT2D eigenvalue weighted by Crippen LogP contribution is 2.23. The van der Waals surface area contributed by atoms with Crippen molar-refractivity contribution in [3.63, 3.8) is 0 Å². The van der Waals surface area contributed by atoms with E-state index in [0.717, 1.165) is 57.8 Å². The van der Waals surface area contributed by atoms with Gasteiger partial charge in [-0.2, -0.15) is 0 Å². The van der Waals surface area contributed by atoms with Gasteiger partial charge in [-0.1, -0.05) is 90.2 Å². The third kappa shape index (κ3) is 8.94. The van der Waals surface area contributed by atoms with Crippen LogP contribution in [0.4, 0.5) is 0 Å². The molecular weight excluding hydrogens is 414 g/mol. The summed E-state index contributed by atoms with van der Waals surface area (Å²) in [5.74, 6) is -0.217. The van der Waals surface area contributed by atoms with Crippen molar-refractivity contribution in [2.45, 2.75) is 104 Å². The van der Waals surface area contributed by atoms with E-state index in [2.05, 4.69) is 13.8 Å². The van der Waals surface area contributed by atoms with E-state index in [9.17, 15) is 14.4 Å². The van der Waals surface area contributed by atoms with Crippen molar-refractivity contribution in [1.29, 1.82) is 0 Å². The molecule has 1 atom stereocenters. The normalized spacial score (nSPS) is 13.9. The second-order valence-electron chi connectivity index (χ2n) is 9.26. The quantitative estimate of drug-likeness (QED) is 0.136. The molecule has 184 valence electrons. The number of esters is 1. The van der Waals surface area contributed by atoms with E-state index in [1.807, 2.05) is 0 Å². The molecule has 0 aromatic heterocycles. The molecule has 0 bridgehead atoms. The second kappa shape index (κ2) is 15.6. The predicted molar refractivity (Wildman–Crippen MR) is 132 cm³/mol. The van der Waals surface area contributed by atoms with Gasteiger partial charge in [0.15, 0.2) is 0 Å². The lowest BCUT2D eigenvalue weighted by Gasteiger charge is -2.13. The Balaban J connectivity index is 1.40. The molecule has 0 fully saturated rings. The molecule has 0 saturated carbocycles. The zero-order valence-electron chi connectivity index (χ0n) is 20.8. The van der Waals surface area contributed by atoms with Crippen LogP contribution < -0.4 is 0 Å². The maximum absolute atomic E-state index is 12.3. The molecule has 0 aliphatic carbocycles. The fourth-order valence-electron chi connectivity index (χ4n) is 4.46. The van der Waals surface area contributed by atoms with E-state index in [0.29, 0.717) is 24.3 Å². The molecule has 2 rings (SSSR count). The van der Waals surface area contributed by atoms with Gasteiger partial charge >= 0.3 is 5.97 Å². The molecule has 0 N–H and O–H groups in total. The maximum atomic E-state index is 12.3. The lowest BCUT2D eigenvalue weighted by Crippen LogP contribution is -2.30. The molecule has 1 aromatic carbocycles. The average molecular weight is 458 g/mol. The Morgan fingerprint density at radius 3 is 1.82 bits per heavy atom. The number of amides is 2. The van der Waals surface area contributed by atoms with Crippen LogP contribution in [-0.4, -0.2) is 35.8 Å². The lowest BCUT2D eigenvalue weighted by molar-refractivity contribution is -0.149. The molecular formula is C28H43NO4. The third-order valence-electron chi connectivity index (χ3n) is 6.63. The molecule has 1 unspecified atom stereocenters. The summed E-state index contributed by atoms with van der Waals surface area (Å²) >= 11 is 0. The largest absolute Gasteiger partial charge is 0.465 e. The van der Waals surface area contributed by atoms with E-state index in [-0.39, 0.29) is 23.7 Å². The molecule has 0 spiro atoms. The summed E-state index contributed by atoms with van der Waals surface area (Å²) in [6, 6.07) is 7.08. The number of carbonyl (C=O) groups excluding carboxylic acids is 3. The SMILES string of the molecule is CCCCC(CC)C(=O)OCCCCCCCCCCCCN1C(=O)c2ccccc2C1=O. The number of hydrogen-bond donors (Lipinski definition) is 0. The van der Waals surface area contributed by atoms with Gasteiger partial charge in [-0.25, -0.2) is 0 Å². The van der Waals surface area contributed by atoms with Gasteiger partial charge < -0.3 is 4.74 Å². The van der Waals surface area contributed by atoms with Gasteiger partial charge in [0, 0.05) is 6.54 Å². The van der Waals surface area contributed by atoms with Crippen LogP contribution in [0.25, 0.3) is 0 Å². The number of nitrogens with zero attached hydrogens (tertiary/aromatic N) is 1. The monoisotopic (exact) mass is 457 g/mol. The Bertz CT molecular complexity index is 710. The van der Waals surface area contributed by atoms with Crippen molar-refractivity contribution >= 4 is 17.8 Å². The van der Waals surface area contributed by atoms with Crippen molar-refractivity contribution in [2.24, 2.45) is 5.92 Å². The van der Waals surface area contributed by atoms with Crippen LogP contribution >= 0.6 is 0 Å². The summed E-state index contributed by atoms with van der Waals surface area (Å²) < 4.78 is 5.46. The van der Waals surface area contributed by atoms with Crippen LogP contribution in [0.3, 0.4) is 0 Å². The number of hydrogen-bond acceptors (Lipinski definition) is 4. The molecule has 0 radical (unpaired) electrons. The summed E-state index contributed by atoms with van der Waals surface area (Å²) in [7, 11) is 0. The maximum Gasteiger partial charge on any atom is 0.308 e. The van der Waals surface area contributed by atoms with Gasteiger partial charge in [-0.05, 0) is 37.8 Å². The zero-order chi connectivity index (χ0) is 23.9. The Labute approximate surface area is 200 Å². The highest BCUT2D eigenvalue weighted by Gasteiger charge is 2.34. The highest BCUT2D eigenvalue weighted by atomic mass is 16.5. The van der Waals surface area contributed by atoms with Crippen molar-refractivity contribution in [1.82, 2.24) is 4.90 Å². The first kappa shape index (κ1) is 27.1. The van der Waals surface area contributed by atoms with E-state index in [1.54, 1.807) is 24.3 Å². The predicted octanol–water partition coefficient (Wildman–Crippen LogP) is 6.94. The Kier molecular flexibility index (Phi) is 12.8. The van der Waals surface area contributed by atoms with Crippen molar-refractivity contribution in [3.05, 3.63) is 35.4 Å². The molecule has 1 heterocycles. The Morgan fingerprint density at radius 2 is 1.30 bits per heavy atom. The molecule has 1 aliphatic heterocycles. The van der Waals surface area contributed by atoms with Gasteiger partial charge in [0.05, 0.1) is 23.7 Å². The van der Waals surface area contributed by atoms with E-state index >= 15 is 0 Å². The summed E-state index contributed by atoms with van der Waals surface area (Å²) in [6.07, 6.45) is 15.3. The van der Waals surface area contributed by atoms with Crippen molar-refractivity contribution in [3.8, 4) is 0 Å². The number of carbonyl (C=O) groups is 3. The van der Waals surface area contributed by atoms with Gasteiger partial charge in [0.25, 0.3) is 11.8 Å². The first-order valence-electron chi connectivity index (χ1n) is 13.2. The second-order valence-corrected chi connectivity index (χ2v) is 9.26. The number of imide groups is 1. The standard InChI is InChI=1S/C28H43NO4/c1-3-5-18-23(4-2)28(32)33-22-17-13-11-9-7-6-8-10-12-16-21-29-26(30)24-19-14-15-20-25(24)27(29)31/h14-15,19-20,23H,3-13,16-18,21-22H2,1-2H3. The Hall–Kier alpha value is -2.17. The van der Waals surface area contributed by atoms with Crippen molar-refractivity contribution in [2.75, 3.05) is 13.2 Å². The number of unbranched alkanes of at least 4 members (excludes halogenated alkanes) is 10. The summed E-state index contributed by atoms with van der Waals surface area (Å²) in [5, 5.41) is 0. The summed E-state index contributed by atoms with van der Waals surface area (Å²) in [4.78, 5) is 38.1. The van der Waals surface area contributed by atoms with Gasteiger partial charge in [0.1, 0.15) is 0 Å². The number of fused-ring (bicyclic) bond motifs is 1. The summed E-state index contributed by atoms with van der Waals surface area (Å²) in [6.45, 7) is 5.30. The highest BCUT2D eigenvalue weighted by molar-refractivity contribution is 6.21. The Morgan fingerprint density at radius 1 is 0.788 bits per heavy atom. The lowest BCUT2D eigenvalue weighted by atomic mass is 10.00. The van der Waals surface area contributed by atoms with Gasteiger partial charge in [0.2, 0.25) is 0 Å². The van der Waals surface area contributed by atoms with Crippen LogP contribution in [0.5, 0.6) is 0 Å². The van der Waals surface area contributed by atoms with Crippen LogP contribution in [0.2, 0.25) is 0 Å². The first-order chi connectivity index (χ1) is 16.1. The van der Waals surface area contributed by atoms with Crippen LogP contribution in [0.1, 0.15) is 124 Å². The van der Waals surface area contributed by atoms with Crippen molar-refractivity contribution < 1.29 is 19.1 Å². The molecule has 1 aromatic rings. The van der Waals surface area contributed by atoms with Crippen LogP contribution in [-0.2, 0) is 9.53 Å². The van der Waals surface area contributed by atoms with E-state index in [1.165, 1.54) is 37.0 Å². The fourth-order valence-corrected chi connectivity index (χ4v) is 4.46. The average Bonchev–Trinajstić information content (AvgIpc) is 3.07. The third-order valence-corrected chi connectivity index (χ3v) is 6.63. The topological polar surface area (TPSA) is 63.7 Å². The molecule has 33 heavy (non-hydrogen) atoms. The van der Waals surface area contributed by atoms with Gasteiger partial charge in [-0.3, -0.25) is 19.3 Å². The smallest absolute Gasteiger partial charge is 0.308 e. The minimum absolute atomic E-state index is 0.00560. The fraction of sp³-hybridized carbons (Fsp3) is 0.679. The van der Waals surface area contributed by atoms with E-state index < -0.39 is 0 Å². The summed E-state index contributed by atoms with van der Waals surface area (Å²) in [5.41, 5.74) is 1.08. The zero-order valence-corrected chi connectivity index (χ0v) is 20.8. The van der Waals surface area contributed by atoms with Crippen LogP contribution in [0, 0.1) is 5.92 Å². The first-order valence-corrected chi connectivity index (χ1v) is 13.2. The minimum atomic E-state index is -0.146. The van der Waals surface area contributed by atoms with Crippen LogP contribution in [0.15, 0.2) is 24.3 Å². The molecule has 1 aliphatic rings. The number of rotatable bonds is 18. The molecule has 2 amide bonds. The molecule has 5 nitrogen and oxygen atoms in total.